The molecule has 0 saturated heterocycles. The molecule has 1 aliphatic rings. The number of aromatic hydroxyl groups is 1. The van der Waals surface area contributed by atoms with E-state index in [1.54, 1.807) is 17.0 Å². The maximum Gasteiger partial charge on any atom is 0.253 e. The van der Waals surface area contributed by atoms with Crippen LogP contribution in [0.4, 0.5) is 0 Å². The van der Waals surface area contributed by atoms with Crippen molar-refractivity contribution < 1.29 is 14.6 Å². The van der Waals surface area contributed by atoms with E-state index >= 15 is 0 Å². The van der Waals surface area contributed by atoms with Gasteiger partial charge in [0, 0.05) is 19.2 Å². The van der Waals surface area contributed by atoms with Crippen molar-refractivity contribution in [2.24, 2.45) is 5.92 Å². The van der Waals surface area contributed by atoms with Gasteiger partial charge in [-0.2, -0.15) is 0 Å². The van der Waals surface area contributed by atoms with E-state index in [9.17, 15) is 9.90 Å². The largest absolute Gasteiger partial charge is 0.504 e. The van der Waals surface area contributed by atoms with Crippen molar-refractivity contribution in [1.82, 2.24) is 4.90 Å². The summed E-state index contributed by atoms with van der Waals surface area (Å²) in [5, 5.41) is 9.71. The van der Waals surface area contributed by atoms with Gasteiger partial charge in [0.25, 0.3) is 5.91 Å². The summed E-state index contributed by atoms with van der Waals surface area (Å²) in [7, 11) is 3.31. The van der Waals surface area contributed by atoms with Crippen LogP contribution in [-0.4, -0.2) is 36.6 Å². The van der Waals surface area contributed by atoms with E-state index in [1.807, 2.05) is 7.05 Å². The van der Waals surface area contributed by atoms with Crippen molar-refractivity contribution >= 4 is 5.91 Å². The zero-order chi connectivity index (χ0) is 13.8. The molecule has 1 fully saturated rings. The minimum absolute atomic E-state index is 0.00242. The van der Waals surface area contributed by atoms with Crippen LogP contribution in [0.25, 0.3) is 0 Å². The van der Waals surface area contributed by atoms with E-state index < -0.39 is 0 Å². The first-order valence-corrected chi connectivity index (χ1v) is 6.74. The molecule has 1 aromatic carbocycles. The number of nitrogens with zero attached hydrogens (tertiary/aromatic N) is 1. The Labute approximate surface area is 114 Å². The summed E-state index contributed by atoms with van der Waals surface area (Å²) >= 11 is 0. The number of rotatable bonds is 4. The average molecular weight is 263 g/mol. The summed E-state index contributed by atoms with van der Waals surface area (Å²) in [4.78, 5) is 14.0. The number of benzene rings is 1. The van der Waals surface area contributed by atoms with Crippen molar-refractivity contribution in [3.63, 3.8) is 0 Å². The highest BCUT2D eigenvalue weighted by Gasteiger charge is 2.20. The van der Waals surface area contributed by atoms with Crippen LogP contribution in [0.3, 0.4) is 0 Å². The molecular formula is C15H21NO3. The van der Waals surface area contributed by atoms with Gasteiger partial charge in [0.1, 0.15) is 0 Å². The van der Waals surface area contributed by atoms with Crippen LogP contribution in [0.15, 0.2) is 18.2 Å². The quantitative estimate of drug-likeness (QED) is 0.908. The van der Waals surface area contributed by atoms with Crippen molar-refractivity contribution in [2.45, 2.75) is 25.7 Å². The van der Waals surface area contributed by atoms with E-state index in [4.69, 9.17) is 4.74 Å². The number of phenols is 1. The molecule has 0 unspecified atom stereocenters. The lowest BCUT2D eigenvalue weighted by Gasteiger charge is -2.21. The molecule has 1 amide bonds. The fourth-order valence-electron chi connectivity index (χ4n) is 2.71. The lowest BCUT2D eigenvalue weighted by molar-refractivity contribution is 0.0773. The molecule has 4 nitrogen and oxygen atoms in total. The first-order chi connectivity index (χ1) is 9.11. The lowest BCUT2D eigenvalue weighted by atomic mass is 10.1. The Balaban J connectivity index is 2.03. The number of phenolic OH excluding ortho intramolecular Hbond substituents is 1. The lowest BCUT2D eigenvalue weighted by Crippen LogP contribution is -2.31. The molecule has 1 aliphatic carbocycles. The van der Waals surface area contributed by atoms with Gasteiger partial charge in [0.2, 0.25) is 0 Å². The maximum atomic E-state index is 12.3. The Hall–Kier alpha value is -1.71. The van der Waals surface area contributed by atoms with Crippen molar-refractivity contribution in [1.29, 1.82) is 0 Å². The minimum Gasteiger partial charge on any atom is -0.504 e. The number of ether oxygens (including phenoxy) is 1. The number of methoxy groups -OCH3 is 1. The second kappa shape index (κ2) is 5.95. The number of hydrogen-bond donors (Lipinski definition) is 1. The second-order valence-electron chi connectivity index (χ2n) is 5.22. The minimum atomic E-state index is -0.0511. The highest BCUT2D eigenvalue weighted by atomic mass is 16.5. The molecule has 0 spiro atoms. The van der Waals surface area contributed by atoms with E-state index in [2.05, 4.69) is 0 Å². The maximum absolute atomic E-state index is 12.3. The normalized spacial score (nSPS) is 15.5. The molecule has 0 heterocycles. The van der Waals surface area contributed by atoms with Crippen LogP contribution < -0.4 is 4.74 Å². The first-order valence-electron chi connectivity index (χ1n) is 6.74. The SMILES string of the molecule is COc1ccc(C(=O)N(C)CC2CCCC2)cc1O. The van der Waals surface area contributed by atoms with Gasteiger partial charge < -0.3 is 14.7 Å². The van der Waals surface area contributed by atoms with Crippen LogP contribution >= 0.6 is 0 Å². The third-order valence-electron chi connectivity index (χ3n) is 3.78. The van der Waals surface area contributed by atoms with Crippen LogP contribution in [0, 0.1) is 5.92 Å². The standard InChI is InChI=1S/C15H21NO3/c1-16(10-11-5-3-4-6-11)15(18)12-7-8-14(19-2)13(17)9-12/h7-9,11,17H,3-6,10H2,1-2H3. The molecule has 0 aromatic heterocycles. The van der Waals surface area contributed by atoms with E-state index in [1.165, 1.54) is 38.9 Å². The highest BCUT2D eigenvalue weighted by molar-refractivity contribution is 5.94. The first kappa shape index (κ1) is 13.7. The molecule has 1 saturated carbocycles. The molecule has 19 heavy (non-hydrogen) atoms. The Kier molecular flexibility index (Phi) is 4.30. The van der Waals surface area contributed by atoms with Crippen molar-refractivity contribution in [3.05, 3.63) is 23.8 Å². The van der Waals surface area contributed by atoms with Crippen LogP contribution in [-0.2, 0) is 0 Å². The number of carbonyl (C=O) groups is 1. The fraction of sp³-hybridized carbons (Fsp3) is 0.533. The average Bonchev–Trinajstić information content (AvgIpc) is 2.90. The Morgan fingerprint density at radius 3 is 2.68 bits per heavy atom. The molecule has 2 rings (SSSR count). The van der Waals surface area contributed by atoms with E-state index in [-0.39, 0.29) is 11.7 Å². The van der Waals surface area contributed by atoms with Gasteiger partial charge in [-0.15, -0.1) is 0 Å². The topological polar surface area (TPSA) is 49.8 Å². The smallest absolute Gasteiger partial charge is 0.253 e. The van der Waals surface area contributed by atoms with Crippen molar-refractivity contribution in [2.75, 3.05) is 20.7 Å². The van der Waals surface area contributed by atoms with Gasteiger partial charge >= 0.3 is 0 Å². The number of carbonyl (C=O) groups excluding carboxylic acids is 1. The third-order valence-corrected chi connectivity index (χ3v) is 3.78. The highest BCUT2D eigenvalue weighted by Crippen LogP contribution is 2.28. The van der Waals surface area contributed by atoms with E-state index in [0.717, 1.165) is 6.54 Å². The van der Waals surface area contributed by atoms with Gasteiger partial charge in [-0.1, -0.05) is 12.8 Å². The van der Waals surface area contributed by atoms with Gasteiger partial charge in [0.05, 0.1) is 7.11 Å². The molecule has 0 aliphatic heterocycles. The van der Waals surface area contributed by atoms with Crippen LogP contribution in [0.5, 0.6) is 11.5 Å². The molecule has 0 bridgehead atoms. The fourth-order valence-corrected chi connectivity index (χ4v) is 2.71. The van der Waals surface area contributed by atoms with Gasteiger partial charge in [-0.3, -0.25) is 4.79 Å². The molecule has 0 atom stereocenters. The monoisotopic (exact) mass is 263 g/mol. The van der Waals surface area contributed by atoms with Crippen LogP contribution in [0.2, 0.25) is 0 Å². The summed E-state index contributed by atoms with van der Waals surface area (Å²) in [6.07, 6.45) is 4.98. The molecule has 1 N–H and O–H groups in total. The Bertz CT molecular complexity index is 453. The van der Waals surface area contributed by atoms with E-state index in [0.29, 0.717) is 17.2 Å². The predicted molar refractivity (Wildman–Crippen MR) is 73.6 cm³/mol. The zero-order valence-electron chi connectivity index (χ0n) is 11.6. The summed E-state index contributed by atoms with van der Waals surface area (Å²) in [6, 6.07) is 4.77. The predicted octanol–water partition coefficient (Wildman–Crippen LogP) is 2.66. The third kappa shape index (κ3) is 3.19. The summed E-state index contributed by atoms with van der Waals surface area (Å²) < 4.78 is 4.97. The molecule has 4 heteroatoms. The molecular weight excluding hydrogens is 242 g/mol. The summed E-state index contributed by atoms with van der Waals surface area (Å²) in [5.41, 5.74) is 0.499. The molecule has 104 valence electrons. The van der Waals surface area contributed by atoms with Gasteiger partial charge in [0.15, 0.2) is 11.5 Å². The van der Waals surface area contributed by atoms with Gasteiger partial charge in [-0.25, -0.2) is 0 Å². The molecule has 0 radical (unpaired) electrons. The van der Waals surface area contributed by atoms with Gasteiger partial charge in [-0.05, 0) is 37.0 Å². The zero-order valence-corrected chi connectivity index (χ0v) is 11.6. The second-order valence-corrected chi connectivity index (χ2v) is 5.22. The Morgan fingerprint density at radius 2 is 2.11 bits per heavy atom. The summed E-state index contributed by atoms with van der Waals surface area (Å²) in [6.45, 7) is 0.797. The van der Waals surface area contributed by atoms with Crippen molar-refractivity contribution in [3.8, 4) is 11.5 Å². The summed E-state index contributed by atoms with van der Waals surface area (Å²) in [5.74, 6) is 0.961. The number of amides is 1. The van der Waals surface area contributed by atoms with Crippen LogP contribution in [0.1, 0.15) is 36.0 Å². The Morgan fingerprint density at radius 1 is 1.42 bits per heavy atom. The number of hydrogen-bond acceptors (Lipinski definition) is 3. The molecule has 1 aromatic rings.